The highest BCUT2D eigenvalue weighted by Crippen LogP contribution is 2.35. The highest BCUT2D eigenvalue weighted by atomic mass is 16.3. The van der Waals surface area contributed by atoms with Crippen LogP contribution in [0.15, 0.2) is 150 Å². The summed E-state index contributed by atoms with van der Waals surface area (Å²) < 4.78 is 6.22. The molecule has 0 N–H and O–H groups in total. The topological polar surface area (TPSA) is 64.7 Å². The highest BCUT2D eigenvalue weighted by molar-refractivity contribution is 6.08. The molecule has 0 radical (unpaired) electrons. The van der Waals surface area contributed by atoms with Gasteiger partial charge in [0, 0.05) is 39.2 Å². The molecular weight excluding hydrogens is 528 g/mol. The maximum atomic E-state index is 6.22. The number of benzene rings is 5. The second-order valence-electron chi connectivity index (χ2n) is 10.3. The SMILES string of the molecule is c1ccc(-c2nc(-c3ccccc3)nc(-c3cccc(-c4ccc(-c5nccc6c5oc5ccccc56)cc4)c3)n2)cc1. The number of nitrogens with zero attached hydrogens (tertiary/aromatic N) is 4. The molecule has 43 heavy (non-hydrogen) atoms. The third-order valence-corrected chi connectivity index (χ3v) is 7.61. The first-order valence-corrected chi connectivity index (χ1v) is 14.1. The van der Waals surface area contributed by atoms with Gasteiger partial charge in [0.25, 0.3) is 0 Å². The van der Waals surface area contributed by atoms with E-state index in [1.807, 2.05) is 103 Å². The van der Waals surface area contributed by atoms with E-state index < -0.39 is 0 Å². The van der Waals surface area contributed by atoms with Crippen LogP contribution in [0.5, 0.6) is 0 Å². The Bertz CT molecular complexity index is 2170. The van der Waals surface area contributed by atoms with Crippen molar-refractivity contribution in [2.45, 2.75) is 0 Å². The van der Waals surface area contributed by atoms with E-state index >= 15 is 0 Å². The molecule has 0 saturated heterocycles. The minimum absolute atomic E-state index is 0.631. The molecule has 0 bridgehead atoms. The average molecular weight is 553 g/mol. The van der Waals surface area contributed by atoms with Crippen LogP contribution in [0.1, 0.15) is 0 Å². The van der Waals surface area contributed by atoms with E-state index in [2.05, 4.69) is 47.4 Å². The minimum Gasteiger partial charge on any atom is -0.454 e. The van der Waals surface area contributed by atoms with Crippen molar-refractivity contribution < 1.29 is 4.42 Å². The fraction of sp³-hybridized carbons (Fsp3) is 0. The van der Waals surface area contributed by atoms with Gasteiger partial charge in [-0.15, -0.1) is 0 Å². The molecule has 0 fully saturated rings. The molecule has 0 aliphatic heterocycles. The summed E-state index contributed by atoms with van der Waals surface area (Å²) in [6.45, 7) is 0. The largest absolute Gasteiger partial charge is 0.454 e. The molecule has 0 unspecified atom stereocenters. The van der Waals surface area contributed by atoms with Crippen molar-refractivity contribution >= 4 is 21.9 Å². The van der Waals surface area contributed by atoms with Gasteiger partial charge in [-0.2, -0.15) is 0 Å². The number of hydrogen-bond donors (Lipinski definition) is 0. The Labute approximate surface area is 248 Å². The fourth-order valence-corrected chi connectivity index (χ4v) is 5.45. The van der Waals surface area contributed by atoms with Gasteiger partial charge in [0.2, 0.25) is 0 Å². The summed E-state index contributed by atoms with van der Waals surface area (Å²) >= 11 is 0. The lowest BCUT2D eigenvalue weighted by Gasteiger charge is -2.10. The molecule has 3 heterocycles. The first-order valence-electron chi connectivity index (χ1n) is 14.1. The van der Waals surface area contributed by atoms with Gasteiger partial charge in [-0.05, 0) is 29.3 Å². The third-order valence-electron chi connectivity index (χ3n) is 7.61. The zero-order chi connectivity index (χ0) is 28.6. The summed E-state index contributed by atoms with van der Waals surface area (Å²) in [7, 11) is 0. The molecule has 0 atom stereocenters. The van der Waals surface area contributed by atoms with E-state index in [0.717, 1.165) is 61.0 Å². The maximum Gasteiger partial charge on any atom is 0.164 e. The zero-order valence-electron chi connectivity index (χ0n) is 23.1. The Morgan fingerprint density at radius 2 is 0.953 bits per heavy atom. The van der Waals surface area contributed by atoms with E-state index in [9.17, 15) is 0 Å². The molecule has 0 aliphatic carbocycles. The van der Waals surface area contributed by atoms with Crippen molar-refractivity contribution in [3.8, 4) is 56.5 Å². The van der Waals surface area contributed by atoms with Crippen LogP contribution < -0.4 is 0 Å². The van der Waals surface area contributed by atoms with Crippen molar-refractivity contribution in [3.05, 3.63) is 146 Å². The number of aromatic nitrogens is 4. The zero-order valence-corrected chi connectivity index (χ0v) is 23.1. The molecule has 5 aromatic carbocycles. The predicted octanol–water partition coefficient (Wildman–Crippen LogP) is 9.50. The van der Waals surface area contributed by atoms with E-state index in [1.54, 1.807) is 0 Å². The lowest BCUT2D eigenvalue weighted by atomic mass is 10.00. The van der Waals surface area contributed by atoms with Gasteiger partial charge in [-0.25, -0.2) is 15.0 Å². The number of rotatable bonds is 5. The molecule has 0 aliphatic rings. The molecule has 5 heteroatoms. The Morgan fingerprint density at radius 1 is 0.395 bits per heavy atom. The van der Waals surface area contributed by atoms with Gasteiger partial charge in [0.15, 0.2) is 23.1 Å². The van der Waals surface area contributed by atoms with Gasteiger partial charge < -0.3 is 4.42 Å². The molecule has 8 aromatic rings. The standard InChI is InChI=1S/C38H24N4O/c1-3-10-27(11-4-1)36-40-37(28-12-5-2-6-13-28)42-38(41-36)30-15-9-14-29(24-30)25-18-20-26(21-19-25)34-35-32(22-23-39-34)31-16-7-8-17-33(31)43-35/h1-24H. The second kappa shape index (κ2) is 10.5. The highest BCUT2D eigenvalue weighted by Gasteiger charge is 2.15. The van der Waals surface area contributed by atoms with Gasteiger partial charge in [0.1, 0.15) is 11.3 Å². The smallest absolute Gasteiger partial charge is 0.164 e. The predicted molar refractivity (Wildman–Crippen MR) is 172 cm³/mol. The van der Waals surface area contributed by atoms with Gasteiger partial charge in [0.05, 0.1) is 0 Å². The van der Waals surface area contributed by atoms with Gasteiger partial charge in [-0.1, -0.05) is 121 Å². The van der Waals surface area contributed by atoms with E-state index in [0.29, 0.717) is 17.5 Å². The van der Waals surface area contributed by atoms with Crippen LogP contribution in [0.2, 0.25) is 0 Å². The van der Waals surface area contributed by atoms with Crippen LogP contribution in [0, 0.1) is 0 Å². The van der Waals surface area contributed by atoms with Crippen molar-refractivity contribution in [2.24, 2.45) is 0 Å². The summed E-state index contributed by atoms with van der Waals surface area (Å²) in [4.78, 5) is 19.3. The Hall–Kier alpha value is -5.94. The third kappa shape index (κ3) is 4.63. The quantitative estimate of drug-likeness (QED) is 0.213. The van der Waals surface area contributed by atoms with Crippen LogP contribution >= 0.6 is 0 Å². The maximum absolute atomic E-state index is 6.22. The van der Waals surface area contributed by atoms with Crippen LogP contribution in [-0.4, -0.2) is 19.9 Å². The number of pyridine rings is 1. The van der Waals surface area contributed by atoms with Crippen molar-refractivity contribution in [1.82, 2.24) is 19.9 Å². The van der Waals surface area contributed by atoms with Crippen LogP contribution in [0.4, 0.5) is 0 Å². The van der Waals surface area contributed by atoms with Crippen LogP contribution in [-0.2, 0) is 0 Å². The van der Waals surface area contributed by atoms with E-state index in [1.165, 1.54) is 0 Å². The van der Waals surface area contributed by atoms with Gasteiger partial charge >= 0.3 is 0 Å². The molecule has 5 nitrogen and oxygen atoms in total. The Kier molecular flexibility index (Phi) is 6.05. The lowest BCUT2D eigenvalue weighted by Crippen LogP contribution is -2.00. The minimum atomic E-state index is 0.631. The molecule has 0 spiro atoms. The number of furan rings is 1. The summed E-state index contributed by atoms with van der Waals surface area (Å²) in [5.74, 6) is 1.92. The van der Waals surface area contributed by atoms with E-state index in [-0.39, 0.29) is 0 Å². The average Bonchev–Trinajstić information content (AvgIpc) is 3.48. The Balaban J connectivity index is 1.18. The number of hydrogen-bond acceptors (Lipinski definition) is 5. The normalized spacial score (nSPS) is 11.3. The monoisotopic (exact) mass is 552 g/mol. The molecular formula is C38H24N4O. The first-order chi connectivity index (χ1) is 21.3. The first kappa shape index (κ1) is 24.8. The van der Waals surface area contributed by atoms with E-state index in [4.69, 9.17) is 19.4 Å². The summed E-state index contributed by atoms with van der Waals surface area (Å²) in [5, 5.41) is 2.17. The molecule has 0 saturated carbocycles. The number of para-hydroxylation sites is 1. The van der Waals surface area contributed by atoms with Crippen molar-refractivity contribution in [3.63, 3.8) is 0 Å². The molecule has 3 aromatic heterocycles. The van der Waals surface area contributed by atoms with Crippen LogP contribution in [0.25, 0.3) is 78.5 Å². The van der Waals surface area contributed by atoms with Gasteiger partial charge in [-0.3, -0.25) is 4.98 Å². The fourth-order valence-electron chi connectivity index (χ4n) is 5.45. The lowest BCUT2D eigenvalue weighted by molar-refractivity contribution is 0.668. The molecule has 0 amide bonds. The summed E-state index contributed by atoms with van der Waals surface area (Å²) in [6, 6.07) is 46.9. The Morgan fingerprint density at radius 3 is 1.65 bits per heavy atom. The van der Waals surface area contributed by atoms with Crippen LogP contribution in [0.3, 0.4) is 0 Å². The number of fused-ring (bicyclic) bond motifs is 3. The molecule has 202 valence electrons. The summed E-state index contributed by atoms with van der Waals surface area (Å²) in [6.07, 6.45) is 1.85. The summed E-state index contributed by atoms with van der Waals surface area (Å²) in [5.41, 5.74) is 8.48. The van der Waals surface area contributed by atoms with Crippen molar-refractivity contribution in [2.75, 3.05) is 0 Å². The second-order valence-corrected chi connectivity index (χ2v) is 10.3. The van der Waals surface area contributed by atoms with Crippen molar-refractivity contribution in [1.29, 1.82) is 0 Å². The molecule has 8 rings (SSSR count).